The molecular formula is C13H10Br2ClNO. The van der Waals surface area contributed by atoms with Gasteiger partial charge in [0, 0.05) is 21.6 Å². The lowest BCUT2D eigenvalue weighted by Gasteiger charge is -2.12. The summed E-state index contributed by atoms with van der Waals surface area (Å²) in [6.07, 6.45) is 0. The predicted molar refractivity (Wildman–Crippen MR) is 81.3 cm³/mol. The van der Waals surface area contributed by atoms with E-state index in [0.29, 0.717) is 17.3 Å². The van der Waals surface area contributed by atoms with Crippen molar-refractivity contribution in [3.05, 3.63) is 55.9 Å². The molecule has 2 nitrogen and oxygen atoms in total. The van der Waals surface area contributed by atoms with E-state index in [2.05, 4.69) is 31.9 Å². The SMILES string of the molecule is NCc1ccc(Br)cc1Oc1ccc(Cl)cc1Br. The van der Waals surface area contributed by atoms with Crippen molar-refractivity contribution in [1.29, 1.82) is 0 Å². The Labute approximate surface area is 127 Å². The van der Waals surface area contributed by atoms with Crippen molar-refractivity contribution in [2.24, 2.45) is 5.73 Å². The third-order valence-corrected chi connectivity index (χ3v) is 3.71. The lowest BCUT2D eigenvalue weighted by molar-refractivity contribution is 0.473. The van der Waals surface area contributed by atoms with E-state index >= 15 is 0 Å². The minimum atomic E-state index is 0.424. The molecule has 2 aromatic rings. The molecule has 5 heteroatoms. The van der Waals surface area contributed by atoms with E-state index in [9.17, 15) is 0 Å². The van der Waals surface area contributed by atoms with Crippen LogP contribution in [0.5, 0.6) is 11.5 Å². The Morgan fingerprint density at radius 1 is 1.06 bits per heavy atom. The van der Waals surface area contributed by atoms with Gasteiger partial charge in [0.2, 0.25) is 0 Å². The second-order valence-corrected chi connectivity index (χ2v) is 5.84. The standard InChI is InChI=1S/C13H10Br2ClNO/c14-9-2-1-8(7-17)13(5-9)18-12-4-3-10(16)6-11(12)15/h1-6H,7,17H2. The Hall–Kier alpha value is -0.550. The molecule has 2 N–H and O–H groups in total. The summed E-state index contributed by atoms with van der Waals surface area (Å²) in [5.74, 6) is 1.43. The van der Waals surface area contributed by atoms with Crippen molar-refractivity contribution in [1.82, 2.24) is 0 Å². The highest BCUT2D eigenvalue weighted by Gasteiger charge is 2.08. The summed E-state index contributed by atoms with van der Waals surface area (Å²) in [6, 6.07) is 11.1. The first-order valence-electron chi connectivity index (χ1n) is 5.21. The number of rotatable bonds is 3. The van der Waals surface area contributed by atoms with E-state index < -0.39 is 0 Å². The van der Waals surface area contributed by atoms with Crippen LogP contribution < -0.4 is 10.5 Å². The van der Waals surface area contributed by atoms with Gasteiger partial charge in [-0.05, 0) is 46.3 Å². The second-order valence-electron chi connectivity index (χ2n) is 3.63. The summed E-state index contributed by atoms with van der Waals surface area (Å²) in [4.78, 5) is 0. The van der Waals surface area contributed by atoms with Gasteiger partial charge in [0.1, 0.15) is 11.5 Å². The van der Waals surface area contributed by atoms with Crippen LogP contribution in [0.3, 0.4) is 0 Å². The summed E-state index contributed by atoms with van der Waals surface area (Å²) in [7, 11) is 0. The van der Waals surface area contributed by atoms with Gasteiger partial charge >= 0.3 is 0 Å². The Balaban J connectivity index is 2.36. The number of hydrogen-bond acceptors (Lipinski definition) is 2. The van der Waals surface area contributed by atoms with Gasteiger partial charge in [-0.1, -0.05) is 33.6 Å². The zero-order chi connectivity index (χ0) is 13.1. The van der Waals surface area contributed by atoms with Crippen molar-refractivity contribution in [2.45, 2.75) is 6.54 Å². The Kier molecular flexibility index (Phi) is 4.67. The summed E-state index contributed by atoms with van der Waals surface area (Å²) in [6.45, 7) is 0.424. The summed E-state index contributed by atoms with van der Waals surface area (Å²) in [5.41, 5.74) is 6.63. The van der Waals surface area contributed by atoms with Crippen LogP contribution in [0.15, 0.2) is 45.3 Å². The molecule has 0 aromatic heterocycles. The van der Waals surface area contributed by atoms with Crippen molar-refractivity contribution in [2.75, 3.05) is 0 Å². The number of nitrogens with two attached hydrogens (primary N) is 1. The van der Waals surface area contributed by atoms with Gasteiger partial charge in [0.15, 0.2) is 0 Å². The van der Waals surface area contributed by atoms with Crippen molar-refractivity contribution >= 4 is 43.5 Å². The molecular weight excluding hydrogens is 381 g/mol. The summed E-state index contributed by atoms with van der Waals surface area (Å²) < 4.78 is 7.60. The average molecular weight is 391 g/mol. The third kappa shape index (κ3) is 3.26. The van der Waals surface area contributed by atoms with Crippen molar-refractivity contribution in [3.8, 4) is 11.5 Å². The molecule has 0 radical (unpaired) electrons. The predicted octanol–water partition coefficient (Wildman–Crippen LogP) is 5.12. The smallest absolute Gasteiger partial charge is 0.141 e. The lowest BCUT2D eigenvalue weighted by Crippen LogP contribution is -1.99. The molecule has 2 rings (SSSR count). The molecule has 18 heavy (non-hydrogen) atoms. The first kappa shape index (κ1) is 13.9. The van der Waals surface area contributed by atoms with Crippen LogP contribution in [0.1, 0.15) is 5.56 Å². The molecule has 0 aliphatic carbocycles. The van der Waals surface area contributed by atoms with Gasteiger partial charge in [-0.3, -0.25) is 0 Å². The van der Waals surface area contributed by atoms with Crippen LogP contribution in [0.25, 0.3) is 0 Å². The van der Waals surface area contributed by atoms with E-state index in [-0.39, 0.29) is 0 Å². The van der Waals surface area contributed by atoms with Gasteiger partial charge in [-0.15, -0.1) is 0 Å². The van der Waals surface area contributed by atoms with Crippen molar-refractivity contribution < 1.29 is 4.74 Å². The van der Waals surface area contributed by atoms with Crippen molar-refractivity contribution in [3.63, 3.8) is 0 Å². The maximum absolute atomic E-state index is 5.89. The van der Waals surface area contributed by atoms with Crippen LogP contribution in [-0.4, -0.2) is 0 Å². The molecule has 0 spiro atoms. The topological polar surface area (TPSA) is 35.2 Å². The Bertz CT molecular complexity index is 575. The first-order chi connectivity index (χ1) is 8.60. The highest BCUT2D eigenvalue weighted by Crippen LogP contribution is 2.34. The number of benzene rings is 2. The monoisotopic (exact) mass is 389 g/mol. The fraction of sp³-hybridized carbons (Fsp3) is 0.0769. The molecule has 0 heterocycles. The second kappa shape index (κ2) is 6.06. The molecule has 0 saturated heterocycles. The van der Waals surface area contributed by atoms with Gasteiger partial charge in [-0.25, -0.2) is 0 Å². The van der Waals surface area contributed by atoms with Gasteiger partial charge < -0.3 is 10.5 Å². The molecule has 0 fully saturated rings. The average Bonchev–Trinajstić information content (AvgIpc) is 2.33. The zero-order valence-electron chi connectivity index (χ0n) is 9.29. The molecule has 0 aliphatic rings. The largest absolute Gasteiger partial charge is 0.456 e. The van der Waals surface area contributed by atoms with E-state index in [0.717, 1.165) is 20.3 Å². The van der Waals surface area contributed by atoms with Gasteiger partial charge in [-0.2, -0.15) is 0 Å². The molecule has 2 aromatic carbocycles. The van der Waals surface area contributed by atoms with E-state index in [1.54, 1.807) is 12.1 Å². The Morgan fingerprint density at radius 2 is 1.83 bits per heavy atom. The van der Waals surface area contributed by atoms with Crippen LogP contribution in [0.2, 0.25) is 5.02 Å². The molecule has 0 bridgehead atoms. The minimum Gasteiger partial charge on any atom is -0.456 e. The number of halogens is 3. The summed E-state index contributed by atoms with van der Waals surface area (Å²) >= 11 is 12.7. The lowest BCUT2D eigenvalue weighted by atomic mass is 10.2. The van der Waals surface area contributed by atoms with Crippen LogP contribution in [0.4, 0.5) is 0 Å². The summed E-state index contributed by atoms with van der Waals surface area (Å²) in [5, 5.41) is 0.655. The third-order valence-electron chi connectivity index (χ3n) is 2.36. The van der Waals surface area contributed by atoms with E-state index in [1.807, 2.05) is 24.3 Å². The molecule has 0 amide bonds. The maximum Gasteiger partial charge on any atom is 0.141 e. The maximum atomic E-state index is 5.89. The van der Waals surface area contributed by atoms with E-state index in [1.165, 1.54) is 0 Å². The van der Waals surface area contributed by atoms with Gasteiger partial charge in [0.25, 0.3) is 0 Å². The fourth-order valence-electron chi connectivity index (χ4n) is 1.47. The fourth-order valence-corrected chi connectivity index (χ4v) is 2.57. The molecule has 0 unspecified atom stereocenters. The highest BCUT2D eigenvalue weighted by atomic mass is 79.9. The van der Waals surface area contributed by atoms with E-state index in [4.69, 9.17) is 22.1 Å². The zero-order valence-corrected chi connectivity index (χ0v) is 13.2. The Morgan fingerprint density at radius 3 is 2.50 bits per heavy atom. The molecule has 0 saturated carbocycles. The normalized spacial score (nSPS) is 10.4. The van der Waals surface area contributed by atoms with Crippen LogP contribution in [-0.2, 0) is 6.54 Å². The molecule has 0 aliphatic heterocycles. The van der Waals surface area contributed by atoms with Crippen LogP contribution >= 0.6 is 43.5 Å². The van der Waals surface area contributed by atoms with Gasteiger partial charge in [0.05, 0.1) is 4.47 Å². The molecule has 0 atom stereocenters. The highest BCUT2D eigenvalue weighted by molar-refractivity contribution is 9.10. The quantitative estimate of drug-likeness (QED) is 0.789. The minimum absolute atomic E-state index is 0.424. The van der Waals surface area contributed by atoms with Crippen LogP contribution in [0, 0.1) is 0 Å². The number of ether oxygens (including phenoxy) is 1. The first-order valence-corrected chi connectivity index (χ1v) is 7.18. The number of hydrogen-bond donors (Lipinski definition) is 1. The molecule has 94 valence electrons.